The van der Waals surface area contributed by atoms with Crippen molar-refractivity contribution in [2.24, 2.45) is 51.8 Å². The van der Waals surface area contributed by atoms with Crippen molar-refractivity contribution in [2.75, 3.05) is 0 Å². The van der Waals surface area contributed by atoms with Crippen LogP contribution in [0.1, 0.15) is 250 Å². The van der Waals surface area contributed by atoms with Crippen molar-refractivity contribution < 1.29 is 96.3 Å². The minimum Gasteiger partial charge on any atom is -0.454 e. The van der Waals surface area contributed by atoms with Crippen LogP contribution in [0.3, 0.4) is 0 Å². The molecule has 4 atom stereocenters. The quantitative estimate of drug-likeness (QED) is 0.126. The molecular weight excluding hydrogens is 1650 g/mol. The molecule has 11 heterocycles. The van der Waals surface area contributed by atoms with E-state index in [1.807, 2.05) is 68.9 Å². The molecule has 135 heavy (non-hydrogen) atoms. The number of hydrogen-bond acceptors (Lipinski definition) is 7. The average Bonchev–Trinajstić information content (AvgIpc) is 1.49. The third-order valence-corrected chi connectivity index (χ3v) is 27.4. The van der Waals surface area contributed by atoms with E-state index in [-0.39, 0.29) is 89.3 Å². The zero-order chi connectivity index (χ0) is 132. The highest BCUT2D eigenvalue weighted by atomic mass is 16.4. The molecule has 0 spiro atoms. The molecule has 4 unspecified atom stereocenters. The summed E-state index contributed by atoms with van der Waals surface area (Å²) in [6.07, 6.45) is 1.02. The summed E-state index contributed by atoms with van der Waals surface area (Å²) in [5.41, 5.74) is 8.70. The monoisotopic (exact) mass is 1820 g/mol. The fourth-order valence-corrected chi connectivity index (χ4v) is 21.4. The van der Waals surface area contributed by atoms with Gasteiger partial charge in [-0.15, -0.1) is 0 Å². The summed E-state index contributed by atoms with van der Waals surface area (Å²) in [4.78, 5) is 14.2. The topological polar surface area (TPSA) is 107 Å². The summed E-state index contributed by atoms with van der Waals surface area (Å²) in [6.45, 7) is -20.6. The third-order valence-electron chi connectivity index (χ3n) is 27.4. The lowest BCUT2D eigenvalue weighted by molar-refractivity contribution is -0.660. The average molecular weight is 1820 g/mol. The van der Waals surface area contributed by atoms with E-state index in [2.05, 4.69) is 57.2 Å². The Morgan fingerprint density at radius 2 is 0.770 bits per heavy atom. The highest BCUT2D eigenvalue weighted by Crippen LogP contribution is 2.61. The lowest BCUT2D eigenvalue weighted by atomic mass is 9.64. The maximum absolute atomic E-state index is 9.61. The SMILES string of the molecule is [2H]C([2H])([2H])c1cc(-c2c(C)ccc3c2oc2c4c(ccc23)C(C([2H])([2H])[2H])(C([2H])([2H])[2H])c2ccccc2-4)[n+](C)cc1C([2H])([2H])[2H].[2H]C([2H])([2H])c1ccc(-c2c(C)ccc3c2oc2nc4c(cc23)-c2ccccc2C4(C([2H])(C)C([2H])([2H])[2H])C([2H])(C([2H])([2H])[2H])C([2H])([2H])[2H])[n+](C)c1.[2H]C([2H])([2H])c1ccc(-c2c(C)ccc3c2oc2nc4c(cc23)-c2ccccc2C4(C([2H])([2H])C([2H])(C)C([2H])([2H])[2H])C([2H])([2H])C([2H])(C)C([2H])([2H])[2H])[n+](C)c1.[2H]C([2H])([2H])c1ccc(-c2c(C)ccc3c2oc2ncc4c(c23)C(C)(C)c2ccccc2-4)[n+](C)c1. The molecule has 0 saturated carbocycles. The molecule has 11 nitrogen and oxygen atoms in total. The maximum atomic E-state index is 9.61. The first-order valence-electron chi connectivity index (χ1n) is 66.2. The Morgan fingerprint density at radius 1 is 0.348 bits per heavy atom. The second-order valence-corrected chi connectivity index (χ2v) is 36.4. The molecule has 0 bridgehead atoms. The summed E-state index contributed by atoms with van der Waals surface area (Å²) in [7, 11) is 6.90. The molecule has 0 saturated heterocycles. The smallest absolute Gasteiger partial charge is 0.227 e. The van der Waals surface area contributed by atoms with Crippen LogP contribution in [0.15, 0.2) is 261 Å². The normalized spacial score (nSPS) is 23.2. The first kappa shape index (κ1) is 51.1. The second kappa shape index (κ2) is 32.2. The van der Waals surface area contributed by atoms with Gasteiger partial charge in [0.2, 0.25) is 39.9 Å². The number of pyridine rings is 7. The summed E-state index contributed by atoms with van der Waals surface area (Å²) in [6, 6.07) is 60.1. The molecule has 20 aromatic rings. The molecule has 0 amide bonds. The standard InChI is InChI=1S/C34H37N2O.C32H33N2O.C30H28NO.C28H25N2O/c1-20(2)17-34(18-21(3)4)28-11-9-8-10-24(28)26-16-27-25-14-13-23(6)30(29-15-12-22(5)19-36(29)7)31(25)37-33(27)35-32(26)34;1-18(2)32(19(3)4)26-11-9-8-10-22(26)24-16-25-23-14-13-21(6)28(27-15-12-20(5)17-34(27)7)29(23)35-31(25)33-30(24)32;1-17-11-12-20-21-13-14-24-27(22-9-7-8-10-23(22)30(24,4)5)29(21)32-28(20)26(17)25-15-18(2)19(3)16-31(25)6;1-16-10-13-22(30(5)15-16)23-17(2)11-12-19-24-25-20(14-29-27(24)31-26(19)23)18-8-6-7-9-21(18)28(25,3)4/h8-16,19-21H,17-18H2,1-7H3;8-19H,1-7H3;7-16H,1-6H3;6-15H,1-5H3/q4*+1/i1D3,3D3,5D3,17D2,18D2,20D,21D;1D3,2D3,3D3,5D3,18D,19D;2D3,3D3,4D3,5D3;1D3. The van der Waals surface area contributed by atoms with E-state index in [0.29, 0.717) is 111 Å². The van der Waals surface area contributed by atoms with Crippen LogP contribution in [-0.4, -0.2) is 15.0 Å². The fraction of sp³-hybridized carbons (Fsp3) is 0.282. The Bertz CT molecular complexity index is 10300. The lowest BCUT2D eigenvalue weighted by Gasteiger charge is -2.39. The Kier molecular flexibility index (Phi) is 12.2. The van der Waals surface area contributed by atoms with Gasteiger partial charge >= 0.3 is 0 Å². The second-order valence-electron chi connectivity index (χ2n) is 36.4. The first-order valence-corrected chi connectivity index (χ1v) is 44.2. The van der Waals surface area contributed by atoms with Crippen molar-refractivity contribution in [3.8, 4) is 89.5 Å². The molecule has 0 aliphatic heterocycles. The number of furan rings is 4. The molecule has 11 aromatic heterocycles. The van der Waals surface area contributed by atoms with Gasteiger partial charge in [-0.2, -0.15) is 0 Å². The van der Waals surface area contributed by atoms with Crippen molar-refractivity contribution in [2.45, 2.75) is 179 Å². The maximum Gasteiger partial charge on any atom is 0.227 e. The summed E-state index contributed by atoms with van der Waals surface area (Å²) >= 11 is 0. The van der Waals surface area contributed by atoms with E-state index >= 15 is 0 Å². The van der Waals surface area contributed by atoms with E-state index in [1.165, 1.54) is 77.7 Å². The minimum atomic E-state index is -3.63. The van der Waals surface area contributed by atoms with Crippen molar-refractivity contribution in [3.63, 3.8) is 0 Å². The Hall–Kier alpha value is -13.8. The summed E-state index contributed by atoms with van der Waals surface area (Å²) in [5, 5.41) is 5.37. The lowest BCUT2D eigenvalue weighted by Crippen LogP contribution is -2.38. The van der Waals surface area contributed by atoms with Gasteiger partial charge in [-0.05, 0) is 212 Å². The predicted molar refractivity (Wildman–Crippen MR) is 553 cm³/mol. The Morgan fingerprint density at radius 3 is 1.28 bits per heavy atom. The van der Waals surface area contributed by atoms with Gasteiger partial charge in [0.1, 0.15) is 39.4 Å². The number of rotatable bonds is 10. The molecule has 9 aromatic carbocycles. The number of benzene rings is 9. The van der Waals surface area contributed by atoms with Gasteiger partial charge in [0.25, 0.3) is 0 Å². The Balaban J connectivity index is 0.000000135. The van der Waals surface area contributed by atoms with Crippen molar-refractivity contribution >= 4 is 88.1 Å². The van der Waals surface area contributed by atoms with Crippen LogP contribution in [0.4, 0.5) is 0 Å². The minimum absolute atomic E-state index is 0.0840. The number of fused-ring (bicyclic) bond motifs is 26. The summed E-state index contributed by atoms with van der Waals surface area (Å²) in [5.74, 6) is -12.6. The molecule has 24 rings (SSSR count). The van der Waals surface area contributed by atoms with Crippen LogP contribution in [0, 0.1) is 85.5 Å². The van der Waals surface area contributed by atoms with Gasteiger partial charge in [-0.25, -0.2) is 33.2 Å². The molecule has 0 N–H and O–H groups in total. The summed E-state index contributed by atoms with van der Waals surface area (Å²) < 4.78 is 403. The van der Waals surface area contributed by atoms with Gasteiger partial charge in [-0.1, -0.05) is 240 Å². The van der Waals surface area contributed by atoms with E-state index in [0.717, 1.165) is 76.2 Å². The fourth-order valence-electron chi connectivity index (χ4n) is 21.4. The van der Waals surface area contributed by atoms with Gasteiger partial charge in [0.15, 0.2) is 41.5 Å². The van der Waals surface area contributed by atoms with Crippen LogP contribution in [0.5, 0.6) is 0 Å². The molecule has 4 aliphatic rings. The zero-order valence-corrected chi connectivity index (χ0v) is 76.4. The zero-order valence-electron chi connectivity index (χ0n) is 120. The first-order chi connectivity index (χ1) is 82.2. The number of hydrogen-bond donors (Lipinski definition) is 0. The van der Waals surface area contributed by atoms with Crippen LogP contribution in [-0.2, 0) is 49.9 Å². The van der Waals surface area contributed by atoms with Gasteiger partial charge in [0.05, 0.1) is 39.0 Å². The third kappa shape index (κ3) is 13.5. The highest BCUT2D eigenvalue weighted by molar-refractivity contribution is 6.17. The van der Waals surface area contributed by atoms with Gasteiger partial charge in [-0.3, -0.25) is 0 Å². The van der Waals surface area contributed by atoms with Crippen LogP contribution in [0.2, 0.25) is 0 Å². The van der Waals surface area contributed by atoms with E-state index in [1.54, 1.807) is 144 Å². The number of aryl methyl sites for hydroxylation is 13. The largest absolute Gasteiger partial charge is 0.454 e. The van der Waals surface area contributed by atoms with Crippen LogP contribution < -0.4 is 18.3 Å². The Labute approximate surface area is 855 Å². The number of nitrogens with zero attached hydrogens (tertiary/aromatic N) is 7. The molecule has 674 valence electrons. The van der Waals surface area contributed by atoms with E-state index < -0.39 is 140 Å². The molecular formula is C124H123N7O4+4. The molecule has 11 heteroatoms. The molecule has 0 fully saturated rings. The van der Waals surface area contributed by atoms with E-state index in [4.69, 9.17) is 84.7 Å². The van der Waals surface area contributed by atoms with Crippen LogP contribution >= 0.6 is 0 Å². The van der Waals surface area contributed by atoms with Gasteiger partial charge < -0.3 is 17.7 Å². The molecule has 0 radical (unpaired) electrons. The predicted octanol–water partition coefficient (Wildman–Crippen LogP) is 29.8. The van der Waals surface area contributed by atoms with Crippen molar-refractivity contribution in [3.05, 3.63) is 338 Å². The van der Waals surface area contributed by atoms with Crippen LogP contribution in [0.25, 0.3) is 178 Å². The van der Waals surface area contributed by atoms with Crippen molar-refractivity contribution in [1.29, 1.82) is 0 Å². The molecule has 4 aliphatic carbocycles. The van der Waals surface area contributed by atoms with Crippen molar-refractivity contribution in [1.82, 2.24) is 15.0 Å². The highest BCUT2D eigenvalue weighted by Gasteiger charge is 2.51. The number of aromatic nitrogens is 7. The van der Waals surface area contributed by atoms with Gasteiger partial charge in [0, 0.05) is 195 Å². The van der Waals surface area contributed by atoms with E-state index in [9.17, 15) is 8.22 Å².